The summed E-state index contributed by atoms with van der Waals surface area (Å²) in [5.41, 5.74) is 7.41. The van der Waals surface area contributed by atoms with Gasteiger partial charge >= 0.3 is 0 Å². The van der Waals surface area contributed by atoms with E-state index in [-0.39, 0.29) is 11.8 Å². The Bertz CT molecular complexity index is 405. The molecule has 1 amide bonds. The van der Waals surface area contributed by atoms with Gasteiger partial charge < -0.3 is 15.8 Å². The summed E-state index contributed by atoms with van der Waals surface area (Å²) in [6.07, 6.45) is 1.77. The smallest absolute Gasteiger partial charge is 0.228 e. The molecule has 0 bridgehead atoms. The Morgan fingerprint density at radius 3 is 2.72 bits per heavy atom. The minimum absolute atomic E-state index is 0.00684. The molecule has 0 saturated heterocycles. The van der Waals surface area contributed by atoms with Crippen molar-refractivity contribution in [3.8, 4) is 5.75 Å². The van der Waals surface area contributed by atoms with Gasteiger partial charge in [0.25, 0.3) is 0 Å². The first-order valence-corrected chi connectivity index (χ1v) is 6.28. The van der Waals surface area contributed by atoms with Crippen LogP contribution >= 0.6 is 0 Å². The summed E-state index contributed by atoms with van der Waals surface area (Å²) in [5.74, 6) is 0.665. The van der Waals surface area contributed by atoms with Gasteiger partial charge in [0.15, 0.2) is 0 Å². The van der Waals surface area contributed by atoms with Crippen molar-refractivity contribution in [1.29, 1.82) is 0 Å². The average Bonchev–Trinajstić information content (AvgIpc) is 2.38. The first-order valence-electron chi connectivity index (χ1n) is 6.28. The van der Waals surface area contributed by atoms with Crippen LogP contribution in [0.1, 0.15) is 25.3 Å². The van der Waals surface area contributed by atoms with Gasteiger partial charge in [-0.05, 0) is 37.1 Å². The molecule has 0 heterocycles. The monoisotopic (exact) mass is 250 g/mol. The largest absolute Gasteiger partial charge is 0.497 e. The number of anilines is 1. The number of carbonyl (C=O) groups excluding carboxylic acids is 1. The highest BCUT2D eigenvalue weighted by atomic mass is 16.5. The van der Waals surface area contributed by atoms with Crippen molar-refractivity contribution in [1.82, 2.24) is 0 Å². The maximum Gasteiger partial charge on any atom is 0.228 e. The lowest BCUT2D eigenvalue weighted by molar-refractivity contribution is -0.119. The molecule has 0 aliphatic rings. The average molecular weight is 250 g/mol. The molecule has 0 aliphatic carbocycles. The minimum atomic E-state index is -0.114. The van der Waals surface area contributed by atoms with Gasteiger partial charge in [-0.25, -0.2) is 0 Å². The molecule has 100 valence electrons. The number of hydrogen-bond donors (Lipinski definition) is 2. The predicted octanol–water partition coefficient (Wildman–Crippen LogP) is 2.32. The number of methoxy groups -OCH3 is 1. The standard InChI is InChI=1S/C14H22N2O2/c1-4-5-11(9-15)14(17)16-13-7-6-12(18-3)8-10(13)2/h6-8,11H,4-5,9,15H2,1-3H3,(H,16,17). The van der Waals surface area contributed by atoms with Gasteiger partial charge in [-0.15, -0.1) is 0 Å². The normalized spacial score (nSPS) is 12.0. The van der Waals surface area contributed by atoms with Crippen LogP contribution in [0.15, 0.2) is 18.2 Å². The van der Waals surface area contributed by atoms with Crippen molar-refractivity contribution >= 4 is 11.6 Å². The first kappa shape index (κ1) is 14.5. The Morgan fingerprint density at radius 1 is 1.50 bits per heavy atom. The van der Waals surface area contributed by atoms with E-state index in [1.807, 2.05) is 25.1 Å². The first-order chi connectivity index (χ1) is 8.62. The van der Waals surface area contributed by atoms with Crippen molar-refractivity contribution in [2.45, 2.75) is 26.7 Å². The zero-order chi connectivity index (χ0) is 13.5. The summed E-state index contributed by atoms with van der Waals surface area (Å²) in [7, 11) is 1.62. The molecule has 1 unspecified atom stereocenters. The Balaban J connectivity index is 2.74. The van der Waals surface area contributed by atoms with Crippen molar-refractivity contribution in [2.24, 2.45) is 11.7 Å². The van der Waals surface area contributed by atoms with Gasteiger partial charge in [0.05, 0.1) is 13.0 Å². The van der Waals surface area contributed by atoms with E-state index in [1.165, 1.54) is 0 Å². The zero-order valence-electron chi connectivity index (χ0n) is 11.3. The molecular formula is C14H22N2O2. The number of aryl methyl sites for hydroxylation is 1. The highest BCUT2D eigenvalue weighted by Crippen LogP contribution is 2.21. The number of nitrogens with one attached hydrogen (secondary N) is 1. The highest BCUT2D eigenvalue weighted by molar-refractivity contribution is 5.93. The van der Waals surface area contributed by atoms with Crippen molar-refractivity contribution in [3.63, 3.8) is 0 Å². The van der Waals surface area contributed by atoms with Gasteiger partial charge in [-0.3, -0.25) is 4.79 Å². The van der Waals surface area contributed by atoms with E-state index in [9.17, 15) is 4.79 Å². The fourth-order valence-corrected chi connectivity index (χ4v) is 1.84. The summed E-state index contributed by atoms with van der Waals surface area (Å²) in [5, 5.41) is 2.92. The molecule has 1 atom stereocenters. The van der Waals surface area contributed by atoms with E-state index < -0.39 is 0 Å². The molecule has 1 rings (SSSR count). The molecule has 1 aromatic carbocycles. The number of benzene rings is 1. The molecule has 1 aromatic rings. The molecule has 0 aliphatic heterocycles. The lowest BCUT2D eigenvalue weighted by Gasteiger charge is -2.15. The van der Waals surface area contributed by atoms with E-state index in [4.69, 9.17) is 10.5 Å². The van der Waals surface area contributed by atoms with Crippen LogP contribution < -0.4 is 15.8 Å². The van der Waals surface area contributed by atoms with Crippen LogP contribution in [0.25, 0.3) is 0 Å². The quantitative estimate of drug-likeness (QED) is 0.814. The number of ether oxygens (including phenoxy) is 1. The number of carbonyl (C=O) groups is 1. The molecule has 0 fully saturated rings. The molecule has 0 radical (unpaired) electrons. The summed E-state index contributed by atoms with van der Waals surface area (Å²) in [6.45, 7) is 4.37. The maximum atomic E-state index is 12.0. The van der Waals surface area contributed by atoms with Gasteiger partial charge in [-0.1, -0.05) is 13.3 Å². The second kappa shape index (κ2) is 7.01. The van der Waals surface area contributed by atoms with Crippen LogP contribution in [-0.4, -0.2) is 19.6 Å². The van der Waals surface area contributed by atoms with Gasteiger partial charge in [-0.2, -0.15) is 0 Å². The summed E-state index contributed by atoms with van der Waals surface area (Å²) >= 11 is 0. The van der Waals surface area contributed by atoms with E-state index >= 15 is 0 Å². The van der Waals surface area contributed by atoms with Crippen molar-refractivity contribution < 1.29 is 9.53 Å². The Morgan fingerprint density at radius 2 is 2.22 bits per heavy atom. The molecule has 18 heavy (non-hydrogen) atoms. The second-order valence-electron chi connectivity index (χ2n) is 4.39. The number of hydrogen-bond acceptors (Lipinski definition) is 3. The van der Waals surface area contributed by atoms with Crippen LogP contribution in [0.5, 0.6) is 5.75 Å². The number of nitrogens with two attached hydrogens (primary N) is 1. The molecular weight excluding hydrogens is 228 g/mol. The third-order valence-electron chi connectivity index (χ3n) is 2.98. The summed E-state index contributed by atoms with van der Waals surface area (Å²) in [6, 6.07) is 5.58. The number of rotatable bonds is 6. The van der Waals surface area contributed by atoms with Crippen LogP contribution in [0, 0.1) is 12.8 Å². The topological polar surface area (TPSA) is 64.4 Å². The maximum absolute atomic E-state index is 12.0. The molecule has 3 N–H and O–H groups in total. The SMILES string of the molecule is CCCC(CN)C(=O)Nc1ccc(OC)cc1C. The van der Waals surface area contributed by atoms with Crippen molar-refractivity contribution in [3.05, 3.63) is 23.8 Å². The van der Waals surface area contributed by atoms with E-state index in [0.717, 1.165) is 29.8 Å². The Kier molecular flexibility index (Phi) is 5.65. The molecule has 4 heteroatoms. The predicted molar refractivity (Wildman–Crippen MR) is 73.8 cm³/mol. The molecule has 4 nitrogen and oxygen atoms in total. The second-order valence-corrected chi connectivity index (χ2v) is 4.39. The Hall–Kier alpha value is -1.55. The van der Waals surface area contributed by atoms with E-state index in [2.05, 4.69) is 12.2 Å². The van der Waals surface area contributed by atoms with Crippen LogP contribution in [0.3, 0.4) is 0 Å². The van der Waals surface area contributed by atoms with E-state index in [0.29, 0.717) is 6.54 Å². The van der Waals surface area contributed by atoms with E-state index in [1.54, 1.807) is 7.11 Å². The third kappa shape index (κ3) is 3.74. The van der Waals surface area contributed by atoms with Crippen LogP contribution in [0.4, 0.5) is 5.69 Å². The van der Waals surface area contributed by atoms with Gasteiger partial charge in [0, 0.05) is 12.2 Å². The van der Waals surface area contributed by atoms with Gasteiger partial charge in [0.2, 0.25) is 5.91 Å². The zero-order valence-corrected chi connectivity index (χ0v) is 11.3. The fraction of sp³-hybridized carbons (Fsp3) is 0.500. The molecule has 0 spiro atoms. The highest BCUT2D eigenvalue weighted by Gasteiger charge is 2.16. The third-order valence-corrected chi connectivity index (χ3v) is 2.98. The summed E-state index contributed by atoms with van der Waals surface area (Å²) in [4.78, 5) is 12.0. The fourth-order valence-electron chi connectivity index (χ4n) is 1.84. The minimum Gasteiger partial charge on any atom is -0.497 e. The molecule has 0 saturated carbocycles. The number of amides is 1. The van der Waals surface area contributed by atoms with Crippen LogP contribution in [-0.2, 0) is 4.79 Å². The van der Waals surface area contributed by atoms with Crippen LogP contribution in [0.2, 0.25) is 0 Å². The lowest BCUT2D eigenvalue weighted by Crippen LogP contribution is -2.29. The van der Waals surface area contributed by atoms with Crippen molar-refractivity contribution in [2.75, 3.05) is 19.0 Å². The molecule has 0 aromatic heterocycles. The van der Waals surface area contributed by atoms with Gasteiger partial charge in [0.1, 0.15) is 5.75 Å². The lowest BCUT2D eigenvalue weighted by atomic mass is 10.0. The summed E-state index contributed by atoms with van der Waals surface area (Å²) < 4.78 is 5.13. The Labute approximate surface area is 109 Å².